The average molecular weight is 464 g/mol. The molecule has 3 N–H and O–H groups in total. The van der Waals surface area contributed by atoms with Crippen LogP contribution in [0, 0.1) is 11.7 Å². The van der Waals surface area contributed by atoms with Crippen LogP contribution in [0.4, 0.5) is 10.1 Å². The molecule has 11 heteroatoms. The summed E-state index contributed by atoms with van der Waals surface area (Å²) in [6, 6.07) is 11.9. The molecular formula is C20H22FN5O3S2. The van der Waals surface area contributed by atoms with Crippen LogP contribution in [0.3, 0.4) is 0 Å². The molecule has 2 aromatic carbocycles. The van der Waals surface area contributed by atoms with E-state index in [-0.39, 0.29) is 22.5 Å². The number of sulfonamides is 1. The molecule has 1 aromatic heterocycles. The Kier molecular flexibility index (Phi) is 7.08. The predicted octanol–water partition coefficient (Wildman–Crippen LogP) is 3.12. The second-order valence-electron chi connectivity index (χ2n) is 7.20. The van der Waals surface area contributed by atoms with Gasteiger partial charge in [0.2, 0.25) is 15.9 Å². The largest absolute Gasteiger partial charge is 0.325 e. The fourth-order valence-corrected chi connectivity index (χ4v) is 4.09. The van der Waals surface area contributed by atoms with Gasteiger partial charge in [0.1, 0.15) is 5.82 Å². The van der Waals surface area contributed by atoms with Crippen molar-refractivity contribution in [2.75, 3.05) is 11.1 Å². The first-order valence-corrected chi connectivity index (χ1v) is 11.9. The number of rotatable bonds is 8. The first-order valence-electron chi connectivity index (χ1n) is 9.38. The molecule has 31 heavy (non-hydrogen) atoms. The summed E-state index contributed by atoms with van der Waals surface area (Å²) < 4.78 is 38.7. The smallest absolute Gasteiger partial charge is 0.238 e. The molecule has 0 fully saturated rings. The number of anilines is 1. The van der Waals surface area contributed by atoms with Gasteiger partial charge in [-0.2, -0.15) is 0 Å². The minimum atomic E-state index is -3.79. The van der Waals surface area contributed by atoms with Crippen molar-refractivity contribution in [3.05, 3.63) is 54.3 Å². The van der Waals surface area contributed by atoms with Crippen molar-refractivity contribution in [1.82, 2.24) is 14.8 Å². The number of hydrogen-bond donors (Lipinski definition) is 2. The Morgan fingerprint density at radius 3 is 2.45 bits per heavy atom. The number of nitrogens with zero attached hydrogens (tertiary/aromatic N) is 3. The summed E-state index contributed by atoms with van der Waals surface area (Å²) in [4.78, 5) is 12.3. The van der Waals surface area contributed by atoms with Gasteiger partial charge in [0.15, 0.2) is 11.0 Å². The Morgan fingerprint density at radius 2 is 1.84 bits per heavy atom. The molecule has 0 aliphatic rings. The van der Waals surface area contributed by atoms with Crippen LogP contribution in [0.25, 0.3) is 11.4 Å². The maximum absolute atomic E-state index is 14.3. The molecule has 0 spiro atoms. The first-order chi connectivity index (χ1) is 14.6. The van der Waals surface area contributed by atoms with Gasteiger partial charge in [-0.15, -0.1) is 10.2 Å². The van der Waals surface area contributed by atoms with Crippen LogP contribution < -0.4 is 10.5 Å². The SMILES string of the molecule is CC(C)Cn1c(SCC(=O)Nc2ccc(S(N)(=O)=O)cc2)nnc1-c1ccccc1F. The Balaban J connectivity index is 1.72. The van der Waals surface area contributed by atoms with Gasteiger partial charge < -0.3 is 9.88 Å². The normalized spacial score (nSPS) is 11.6. The zero-order valence-corrected chi connectivity index (χ0v) is 18.6. The summed E-state index contributed by atoms with van der Waals surface area (Å²) in [5.41, 5.74) is 0.788. The van der Waals surface area contributed by atoms with Crippen LogP contribution in [-0.4, -0.2) is 34.8 Å². The molecule has 0 aliphatic carbocycles. The van der Waals surface area contributed by atoms with Gasteiger partial charge in [-0.05, 0) is 42.3 Å². The third-order valence-corrected chi connectivity index (χ3v) is 6.07. The van der Waals surface area contributed by atoms with Crippen molar-refractivity contribution in [1.29, 1.82) is 0 Å². The molecule has 0 radical (unpaired) electrons. The van der Waals surface area contributed by atoms with Crippen LogP contribution in [0.2, 0.25) is 0 Å². The molecule has 1 amide bonds. The van der Waals surface area contributed by atoms with Crippen LogP contribution in [0.5, 0.6) is 0 Å². The molecule has 3 aromatic rings. The number of nitrogens with one attached hydrogen (secondary N) is 1. The molecular weight excluding hydrogens is 441 g/mol. The number of primary sulfonamides is 1. The van der Waals surface area contributed by atoms with Crippen molar-refractivity contribution < 1.29 is 17.6 Å². The average Bonchev–Trinajstić information content (AvgIpc) is 3.08. The molecule has 0 bridgehead atoms. The number of aromatic nitrogens is 3. The van der Waals surface area contributed by atoms with E-state index in [1.807, 2.05) is 18.4 Å². The maximum Gasteiger partial charge on any atom is 0.238 e. The number of nitrogens with two attached hydrogens (primary N) is 1. The lowest BCUT2D eigenvalue weighted by molar-refractivity contribution is -0.113. The van der Waals surface area contributed by atoms with E-state index in [4.69, 9.17) is 5.14 Å². The molecule has 0 aliphatic heterocycles. The summed E-state index contributed by atoms with van der Waals surface area (Å²) in [6.07, 6.45) is 0. The third kappa shape index (κ3) is 5.90. The van der Waals surface area contributed by atoms with Gasteiger partial charge in [-0.25, -0.2) is 17.9 Å². The second-order valence-corrected chi connectivity index (χ2v) is 9.70. The number of carbonyl (C=O) groups excluding carboxylic acids is 1. The van der Waals surface area contributed by atoms with Crippen molar-refractivity contribution in [2.45, 2.75) is 30.4 Å². The lowest BCUT2D eigenvalue weighted by Gasteiger charge is -2.13. The molecule has 8 nitrogen and oxygen atoms in total. The van der Waals surface area contributed by atoms with E-state index in [0.717, 1.165) is 0 Å². The van der Waals surface area contributed by atoms with Crippen LogP contribution >= 0.6 is 11.8 Å². The summed E-state index contributed by atoms with van der Waals surface area (Å²) in [5, 5.41) is 16.6. The molecule has 0 atom stereocenters. The van der Waals surface area contributed by atoms with E-state index in [9.17, 15) is 17.6 Å². The topological polar surface area (TPSA) is 120 Å². The monoisotopic (exact) mass is 463 g/mol. The number of carbonyl (C=O) groups is 1. The lowest BCUT2D eigenvalue weighted by atomic mass is 10.2. The zero-order chi connectivity index (χ0) is 22.6. The number of thioether (sulfide) groups is 1. The summed E-state index contributed by atoms with van der Waals surface area (Å²) >= 11 is 1.18. The molecule has 3 rings (SSSR count). The Morgan fingerprint density at radius 1 is 1.16 bits per heavy atom. The molecule has 164 valence electrons. The van der Waals surface area contributed by atoms with Crippen LogP contribution in [-0.2, 0) is 21.4 Å². The minimum absolute atomic E-state index is 0.0395. The van der Waals surface area contributed by atoms with E-state index >= 15 is 0 Å². The highest BCUT2D eigenvalue weighted by molar-refractivity contribution is 7.99. The summed E-state index contributed by atoms with van der Waals surface area (Å²) in [6.45, 7) is 4.62. The van der Waals surface area contributed by atoms with E-state index in [1.54, 1.807) is 18.2 Å². The highest BCUT2D eigenvalue weighted by atomic mass is 32.2. The molecule has 0 unspecified atom stereocenters. The van der Waals surface area contributed by atoms with Gasteiger partial charge in [0.25, 0.3) is 0 Å². The number of hydrogen-bond acceptors (Lipinski definition) is 6. The van der Waals surface area contributed by atoms with Crippen molar-refractivity contribution in [2.24, 2.45) is 11.1 Å². The minimum Gasteiger partial charge on any atom is -0.325 e. The molecule has 1 heterocycles. The van der Waals surface area contributed by atoms with Gasteiger partial charge in [0.05, 0.1) is 16.2 Å². The first kappa shape index (κ1) is 22.9. The summed E-state index contributed by atoms with van der Waals surface area (Å²) in [7, 11) is -3.79. The Hall–Kier alpha value is -2.76. The van der Waals surface area contributed by atoms with Gasteiger partial charge in [-0.3, -0.25) is 4.79 Å². The number of halogens is 1. The van der Waals surface area contributed by atoms with Gasteiger partial charge >= 0.3 is 0 Å². The van der Waals surface area contributed by atoms with Crippen molar-refractivity contribution in [3.8, 4) is 11.4 Å². The van der Waals surface area contributed by atoms with E-state index in [1.165, 1.54) is 42.1 Å². The van der Waals surface area contributed by atoms with Crippen LogP contribution in [0.1, 0.15) is 13.8 Å². The fourth-order valence-electron chi connectivity index (χ4n) is 2.82. The maximum atomic E-state index is 14.3. The standard InChI is InChI=1S/C20H22FN5O3S2/c1-13(2)11-26-19(16-5-3-4-6-17(16)21)24-25-20(26)30-12-18(27)23-14-7-9-15(10-8-14)31(22,28)29/h3-10,13H,11-12H2,1-2H3,(H,23,27)(H2,22,28,29). The van der Waals surface area contributed by atoms with Crippen molar-refractivity contribution >= 4 is 33.4 Å². The van der Waals surface area contributed by atoms with E-state index < -0.39 is 15.8 Å². The Labute approximate surface area is 184 Å². The summed E-state index contributed by atoms with van der Waals surface area (Å²) in [5.74, 6) is 0.0159. The van der Waals surface area contributed by atoms with Crippen LogP contribution in [0.15, 0.2) is 58.6 Å². The molecule has 0 saturated carbocycles. The quantitative estimate of drug-likeness (QED) is 0.495. The fraction of sp³-hybridized carbons (Fsp3) is 0.250. The second kappa shape index (κ2) is 9.58. The van der Waals surface area contributed by atoms with Gasteiger partial charge in [-0.1, -0.05) is 37.7 Å². The Bertz CT molecular complexity index is 1180. The predicted molar refractivity (Wildman–Crippen MR) is 117 cm³/mol. The number of amides is 1. The highest BCUT2D eigenvalue weighted by Crippen LogP contribution is 2.27. The lowest BCUT2D eigenvalue weighted by Crippen LogP contribution is -2.16. The van der Waals surface area contributed by atoms with Gasteiger partial charge in [0, 0.05) is 12.2 Å². The number of benzene rings is 2. The third-order valence-electron chi connectivity index (χ3n) is 4.18. The zero-order valence-electron chi connectivity index (χ0n) is 16.9. The molecule has 0 saturated heterocycles. The van der Waals surface area contributed by atoms with E-state index in [2.05, 4.69) is 15.5 Å². The van der Waals surface area contributed by atoms with Crippen molar-refractivity contribution in [3.63, 3.8) is 0 Å². The highest BCUT2D eigenvalue weighted by Gasteiger charge is 2.19. The van der Waals surface area contributed by atoms with E-state index in [0.29, 0.717) is 28.8 Å².